The number of phenols is 1. The summed E-state index contributed by atoms with van der Waals surface area (Å²) in [5, 5.41) is 21.4. The number of hydrogen-bond donors (Lipinski definition) is 1. The van der Waals surface area contributed by atoms with Crippen molar-refractivity contribution in [1.82, 2.24) is 14.4 Å². The number of hydrogen-bond acceptors (Lipinski definition) is 8. The fraction of sp³-hybridized carbons (Fsp3) is 0.311. The lowest BCUT2D eigenvalue weighted by molar-refractivity contribution is 0.0193. The third kappa shape index (κ3) is 7.46. The average Bonchev–Trinajstić information content (AvgIpc) is 3.56. The van der Waals surface area contributed by atoms with Crippen molar-refractivity contribution in [1.29, 1.82) is 5.26 Å². The van der Waals surface area contributed by atoms with Crippen molar-refractivity contribution in [2.75, 3.05) is 52.0 Å². The zero-order valence-electron chi connectivity index (χ0n) is 32.5. The monoisotopic (exact) mass is 753 g/mol. The maximum absolute atomic E-state index is 15.3. The van der Waals surface area contributed by atoms with Gasteiger partial charge in [0.15, 0.2) is 0 Å². The molecule has 0 radical (unpaired) electrons. The third-order valence-electron chi connectivity index (χ3n) is 11.2. The van der Waals surface area contributed by atoms with Gasteiger partial charge in [-0.3, -0.25) is 14.5 Å². The Morgan fingerprint density at radius 3 is 2.36 bits per heavy atom. The van der Waals surface area contributed by atoms with Gasteiger partial charge in [0, 0.05) is 67.8 Å². The molecular formula is C45H47N5O6. The Hall–Kier alpha value is -6.09. The minimum absolute atomic E-state index is 0.0524. The van der Waals surface area contributed by atoms with Gasteiger partial charge in [-0.05, 0) is 85.0 Å². The van der Waals surface area contributed by atoms with E-state index in [1.165, 1.54) is 18.7 Å². The van der Waals surface area contributed by atoms with Crippen molar-refractivity contribution in [3.63, 3.8) is 0 Å². The zero-order valence-corrected chi connectivity index (χ0v) is 32.5. The number of nitrogens with zero attached hydrogens (tertiary/aromatic N) is 5. The second-order valence-electron chi connectivity index (χ2n) is 14.4. The largest absolute Gasteiger partial charge is 0.508 e. The summed E-state index contributed by atoms with van der Waals surface area (Å²) in [5.41, 5.74) is 7.09. The van der Waals surface area contributed by atoms with Crippen molar-refractivity contribution in [3.8, 4) is 34.4 Å². The Morgan fingerprint density at radius 2 is 1.66 bits per heavy atom. The van der Waals surface area contributed by atoms with Gasteiger partial charge in [-0.2, -0.15) is 5.26 Å². The number of aromatic nitrogens is 1. The molecular weight excluding hydrogens is 707 g/mol. The van der Waals surface area contributed by atoms with Crippen LogP contribution in [0.5, 0.6) is 17.2 Å². The van der Waals surface area contributed by atoms with Gasteiger partial charge in [-0.15, -0.1) is 0 Å². The standard InChI is InChI=1S/C45H47N5O6/c1-29-32(11-8-12-42(29)54-4)26-50(44(52)37-15-16-47(3)30(37)2)41-14-13-36(51)23-39(41)38-24-43(55-5)34(25-46)22-40(38)45(53)49-27-33-10-7-6-9-31(33)21-35(49)28-48-17-19-56-20-18-48/h6-16,22-24,35,51H,17-21,26-28H2,1-5H3/t35-/m0/s1. The molecule has 5 aromatic rings. The molecule has 1 aromatic heterocycles. The number of ether oxygens (including phenoxy) is 3. The molecule has 2 aliphatic rings. The topological polar surface area (TPSA) is 120 Å². The number of amides is 2. The van der Waals surface area contributed by atoms with Crippen LogP contribution in [0, 0.1) is 25.2 Å². The number of carbonyl (C=O) groups is 2. The van der Waals surface area contributed by atoms with E-state index < -0.39 is 0 Å². The van der Waals surface area contributed by atoms with E-state index in [1.54, 1.807) is 42.3 Å². The number of phenolic OH excluding ortho intramolecular Hbond substituents is 1. The molecule has 0 bridgehead atoms. The highest BCUT2D eigenvalue weighted by molar-refractivity contribution is 6.10. The summed E-state index contributed by atoms with van der Waals surface area (Å²) in [6.45, 7) is 7.88. The number of carbonyl (C=O) groups excluding carboxylic acids is 2. The van der Waals surface area contributed by atoms with E-state index in [0.717, 1.165) is 35.5 Å². The molecule has 1 N–H and O–H groups in total. The number of anilines is 1. The van der Waals surface area contributed by atoms with Crippen LogP contribution in [0.1, 0.15) is 54.2 Å². The van der Waals surface area contributed by atoms with E-state index in [2.05, 4.69) is 23.1 Å². The fourth-order valence-corrected chi connectivity index (χ4v) is 7.90. The molecule has 4 aromatic carbocycles. The van der Waals surface area contributed by atoms with E-state index in [9.17, 15) is 15.2 Å². The van der Waals surface area contributed by atoms with Gasteiger partial charge in [-0.1, -0.05) is 36.4 Å². The van der Waals surface area contributed by atoms with Gasteiger partial charge in [0.25, 0.3) is 11.8 Å². The molecule has 288 valence electrons. The predicted octanol–water partition coefficient (Wildman–Crippen LogP) is 6.65. The Bertz CT molecular complexity index is 2320. The summed E-state index contributed by atoms with van der Waals surface area (Å²) in [6.07, 6.45) is 2.52. The van der Waals surface area contributed by atoms with Crippen LogP contribution in [-0.2, 0) is 31.3 Å². The quantitative estimate of drug-likeness (QED) is 0.169. The van der Waals surface area contributed by atoms with Gasteiger partial charge in [0.1, 0.15) is 23.3 Å². The molecule has 2 amide bonds. The van der Waals surface area contributed by atoms with E-state index in [1.807, 2.05) is 66.9 Å². The lowest BCUT2D eigenvalue weighted by Crippen LogP contribution is -2.52. The molecule has 2 aliphatic heterocycles. The molecule has 1 atom stereocenters. The number of nitriles is 1. The minimum atomic E-state index is -0.262. The van der Waals surface area contributed by atoms with Crippen LogP contribution in [0.4, 0.5) is 5.69 Å². The lowest BCUT2D eigenvalue weighted by atomic mass is 9.90. The summed E-state index contributed by atoms with van der Waals surface area (Å²) in [4.78, 5) is 36.0. The maximum atomic E-state index is 15.3. The highest BCUT2D eigenvalue weighted by atomic mass is 16.5. The molecule has 7 rings (SSSR count). The Morgan fingerprint density at radius 1 is 0.911 bits per heavy atom. The van der Waals surface area contributed by atoms with Crippen molar-refractivity contribution >= 4 is 17.5 Å². The Labute approximate surface area is 327 Å². The molecule has 1 saturated heterocycles. The van der Waals surface area contributed by atoms with Crippen molar-refractivity contribution in [2.45, 2.75) is 39.4 Å². The second kappa shape index (κ2) is 16.3. The molecule has 0 saturated carbocycles. The van der Waals surface area contributed by atoms with E-state index in [4.69, 9.17) is 14.2 Å². The zero-order chi connectivity index (χ0) is 39.5. The normalized spacial score (nSPS) is 15.5. The highest BCUT2D eigenvalue weighted by Gasteiger charge is 2.35. The SMILES string of the molecule is COc1cc(-c2cc(O)ccc2N(Cc2cccc(OC)c2C)C(=O)c2ccn(C)c2C)c(C(=O)N2Cc3ccccc3C[C@H]2CN2CCOCC2)cc1C#N. The summed E-state index contributed by atoms with van der Waals surface area (Å²) in [5.74, 6) is 0.382. The van der Waals surface area contributed by atoms with Crippen LogP contribution in [0.3, 0.4) is 0 Å². The van der Waals surface area contributed by atoms with E-state index >= 15 is 4.79 Å². The first-order valence-electron chi connectivity index (χ1n) is 18.8. The van der Waals surface area contributed by atoms with Gasteiger partial charge >= 0.3 is 0 Å². The lowest BCUT2D eigenvalue weighted by Gasteiger charge is -2.41. The first-order chi connectivity index (χ1) is 27.1. The molecule has 3 heterocycles. The maximum Gasteiger partial charge on any atom is 0.260 e. The minimum Gasteiger partial charge on any atom is -0.508 e. The van der Waals surface area contributed by atoms with Crippen LogP contribution in [0.25, 0.3) is 11.1 Å². The fourth-order valence-electron chi connectivity index (χ4n) is 7.90. The molecule has 11 heteroatoms. The number of morpholine rings is 1. The van der Waals surface area contributed by atoms with Gasteiger partial charge in [-0.25, -0.2) is 0 Å². The molecule has 0 unspecified atom stereocenters. The molecule has 0 aliphatic carbocycles. The number of aromatic hydroxyl groups is 1. The van der Waals surface area contributed by atoms with E-state index in [0.29, 0.717) is 60.9 Å². The van der Waals surface area contributed by atoms with Crippen LogP contribution in [0.15, 0.2) is 85.1 Å². The second-order valence-corrected chi connectivity index (χ2v) is 14.4. The summed E-state index contributed by atoms with van der Waals surface area (Å²) < 4.78 is 18.9. The summed E-state index contributed by atoms with van der Waals surface area (Å²) in [6, 6.07) is 25.8. The molecule has 56 heavy (non-hydrogen) atoms. The highest BCUT2D eigenvalue weighted by Crippen LogP contribution is 2.42. The van der Waals surface area contributed by atoms with Gasteiger partial charge in [0.05, 0.1) is 50.8 Å². The third-order valence-corrected chi connectivity index (χ3v) is 11.2. The average molecular weight is 754 g/mol. The predicted molar refractivity (Wildman–Crippen MR) is 214 cm³/mol. The van der Waals surface area contributed by atoms with Crippen LogP contribution in [0.2, 0.25) is 0 Å². The molecule has 11 nitrogen and oxygen atoms in total. The molecule has 1 fully saturated rings. The van der Waals surface area contributed by atoms with Crippen LogP contribution >= 0.6 is 0 Å². The first kappa shape index (κ1) is 38.2. The Balaban J connectivity index is 1.40. The van der Waals surface area contributed by atoms with Gasteiger partial charge < -0.3 is 33.7 Å². The van der Waals surface area contributed by atoms with Crippen molar-refractivity contribution in [2.24, 2.45) is 7.05 Å². The smallest absolute Gasteiger partial charge is 0.260 e. The number of rotatable bonds is 10. The summed E-state index contributed by atoms with van der Waals surface area (Å²) >= 11 is 0. The van der Waals surface area contributed by atoms with Gasteiger partial charge in [0.2, 0.25) is 0 Å². The Kier molecular flexibility index (Phi) is 11.1. The number of aryl methyl sites for hydroxylation is 1. The van der Waals surface area contributed by atoms with Crippen LogP contribution < -0.4 is 14.4 Å². The number of methoxy groups -OCH3 is 2. The molecule has 0 spiro atoms. The first-order valence-corrected chi connectivity index (χ1v) is 18.8. The number of fused-ring (bicyclic) bond motifs is 1. The van der Waals surface area contributed by atoms with Crippen molar-refractivity contribution < 1.29 is 28.9 Å². The van der Waals surface area contributed by atoms with E-state index in [-0.39, 0.29) is 47.0 Å². The number of benzene rings is 4. The van der Waals surface area contributed by atoms with Crippen LogP contribution in [-0.4, -0.2) is 84.4 Å². The summed E-state index contributed by atoms with van der Waals surface area (Å²) in [7, 11) is 4.98. The van der Waals surface area contributed by atoms with Crippen molar-refractivity contribution in [3.05, 3.63) is 130 Å².